The first kappa shape index (κ1) is 24.7. The molecule has 33 heavy (non-hydrogen) atoms. The van der Waals surface area contributed by atoms with Gasteiger partial charge in [-0.15, -0.1) is 0 Å². The number of rotatable bonds is 8. The molecular weight excluding hydrogens is 470 g/mol. The number of anilines is 1. The van der Waals surface area contributed by atoms with Gasteiger partial charge in [0.25, 0.3) is 5.91 Å². The molecule has 0 spiro atoms. The Labute approximate surface area is 192 Å². The highest BCUT2D eigenvalue weighted by atomic mass is 32.2. The summed E-state index contributed by atoms with van der Waals surface area (Å²) in [6.45, 7) is 1.57. The summed E-state index contributed by atoms with van der Waals surface area (Å²) in [5.74, 6) is -0.810. The van der Waals surface area contributed by atoms with Crippen molar-refractivity contribution >= 4 is 37.4 Å². The van der Waals surface area contributed by atoms with Gasteiger partial charge in [-0.1, -0.05) is 6.07 Å². The van der Waals surface area contributed by atoms with Crippen molar-refractivity contribution in [1.29, 1.82) is 0 Å². The summed E-state index contributed by atoms with van der Waals surface area (Å²) in [5.41, 5.74) is 1.57. The van der Waals surface area contributed by atoms with E-state index in [1.807, 2.05) is 13.0 Å². The summed E-state index contributed by atoms with van der Waals surface area (Å²) in [6.07, 6.45) is 0.221. The number of carbonyl (C=O) groups is 2. The van der Waals surface area contributed by atoms with Crippen molar-refractivity contribution in [2.45, 2.75) is 24.3 Å². The Morgan fingerprint density at radius 2 is 1.82 bits per heavy atom. The molecule has 2 aromatic rings. The van der Waals surface area contributed by atoms with Crippen molar-refractivity contribution in [3.8, 4) is 5.75 Å². The van der Waals surface area contributed by atoms with Crippen LogP contribution in [0.25, 0.3) is 0 Å². The molecule has 10 nitrogen and oxygen atoms in total. The van der Waals surface area contributed by atoms with Gasteiger partial charge in [-0.25, -0.2) is 21.6 Å². The largest absolute Gasteiger partial charge is 0.495 e. The Bertz CT molecular complexity index is 1260. The van der Waals surface area contributed by atoms with Gasteiger partial charge >= 0.3 is 0 Å². The predicted octanol–water partition coefficient (Wildman–Crippen LogP) is 0.838. The van der Waals surface area contributed by atoms with Gasteiger partial charge in [-0.2, -0.15) is 0 Å². The number of benzene rings is 2. The van der Waals surface area contributed by atoms with Gasteiger partial charge in [-0.3, -0.25) is 9.59 Å². The van der Waals surface area contributed by atoms with Gasteiger partial charge in [0.15, 0.2) is 9.84 Å². The number of sulfonamides is 1. The lowest BCUT2D eigenvalue weighted by molar-refractivity contribution is -0.115. The average Bonchev–Trinajstić information content (AvgIpc) is 3.09. The van der Waals surface area contributed by atoms with Crippen LogP contribution in [-0.2, 0) is 24.7 Å². The van der Waals surface area contributed by atoms with E-state index < -0.39 is 37.7 Å². The zero-order chi connectivity index (χ0) is 24.2. The van der Waals surface area contributed by atoms with Crippen LogP contribution in [0.3, 0.4) is 0 Å². The van der Waals surface area contributed by atoms with Gasteiger partial charge in [0.1, 0.15) is 5.75 Å². The summed E-state index contributed by atoms with van der Waals surface area (Å²) >= 11 is 0. The van der Waals surface area contributed by atoms with E-state index in [0.717, 1.165) is 5.56 Å². The summed E-state index contributed by atoms with van der Waals surface area (Å²) in [5, 5.41) is 5.14. The predicted molar refractivity (Wildman–Crippen MR) is 123 cm³/mol. The number of methoxy groups -OCH3 is 1. The molecule has 1 fully saturated rings. The molecule has 0 bridgehead atoms. The van der Waals surface area contributed by atoms with Crippen LogP contribution in [0, 0.1) is 6.92 Å². The topological polar surface area (TPSA) is 148 Å². The standard InChI is InChI=1S/C21H25N3O7S2/c1-14-3-8-19(31-2)18(11-14)23-20(25)12-22-21(26)15-4-6-17(7-5-15)33(29,30)24-16-9-10-32(27,28)13-16/h3-8,11,16,24H,9-10,12-13H2,1-2H3,(H,22,26)(H,23,25). The molecule has 12 heteroatoms. The molecule has 1 aliphatic rings. The molecule has 1 atom stereocenters. The van der Waals surface area contributed by atoms with Gasteiger partial charge in [0.05, 0.1) is 35.7 Å². The van der Waals surface area contributed by atoms with Crippen molar-refractivity contribution in [1.82, 2.24) is 10.0 Å². The lowest BCUT2D eigenvalue weighted by atomic mass is 10.2. The quantitative estimate of drug-likeness (QED) is 0.491. The Balaban J connectivity index is 1.57. The number of sulfone groups is 1. The molecule has 178 valence electrons. The second-order valence-electron chi connectivity index (χ2n) is 7.68. The van der Waals surface area contributed by atoms with E-state index in [0.29, 0.717) is 11.4 Å². The number of nitrogens with one attached hydrogen (secondary N) is 3. The molecule has 1 unspecified atom stereocenters. The molecule has 2 amide bonds. The summed E-state index contributed by atoms with van der Waals surface area (Å²) in [6, 6.07) is 9.76. The molecule has 1 saturated heterocycles. The van der Waals surface area contributed by atoms with Crippen LogP contribution in [0.1, 0.15) is 22.3 Å². The number of aryl methyl sites for hydroxylation is 1. The molecule has 0 aromatic heterocycles. The first-order valence-corrected chi connectivity index (χ1v) is 13.3. The lowest BCUT2D eigenvalue weighted by Crippen LogP contribution is -2.35. The SMILES string of the molecule is COc1ccc(C)cc1NC(=O)CNC(=O)c1ccc(S(=O)(=O)NC2CCS(=O)(=O)C2)cc1. The van der Waals surface area contributed by atoms with E-state index in [-0.39, 0.29) is 34.9 Å². The third-order valence-corrected chi connectivity index (χ3v) is 8.32. The van der Waals surface area contributed by atoms with Crippen molar-refractivity contribution < 1.29 is 31.2 Å². The number of hydrogen-bond donors (Lipinski definition) is 3. The van der Waals surface area contributed by atoms with Gasteiger partial charge in [0.2, 0.25) is 15.9 Å². The molecule has 0 saturated carbocycles. The van der Waals surface area contributed by atoms with Crippen molar-refractivity contribution in [3.63, 3.8) is 0 Å². The van der Waals surface area contributed by atoms with Crippen LogP contribution in [0.5, 0.6) is 5.75 Å². The van der Waals surface area contributed by atoms with Crippen LogP contribution in [0.15, 0.2) is 47.4 Å². The van der Waals surface area contributed by atoms with E-state index >= 15 is 0 Å². The highest BCUT2D eigenvalue weighted by Crippen LogP contribution is 2.25. The molecule has 1 aliphatic heterocycles. The molecular formula is C21H25N3O7S2. The van der Waals surface area contributed by atoms with E-state index in [1.165, 1.54) is 31.4 Å². The molecule has 1 heterocycles. The van der Waals surface area contributed by atoms with Gasteiger partial charge < -0.3 is 15.4 Å². The Morgan fingerprint density at radius 1 is 1.12 bits per heavy atom. The fraction of sp³-hybridized carbons (Fsp3) is 0.333. The summed E-state index contributed by atoms with van der Waals surface area (Å²) in [7, 11) is -5.67. The second kappa shape index (κ2) is 9.89. The smallest absolute Gasteiger partial charge is 0.251 e. The number of ether oxygens (including phenoxy) is 1. The Hall–Kier alpha value is -2.96. The minimum atomic E-state index is -3.93. The molecule has 2 aromatic carbocycles. The van der Waals surface area contributed by atoms with E-state index in [1.54, 1.807) is 12.1 Å². The van der Waals surface area contributed by atoms with E-state index in [4.69, 9.17) is 4.74 Å². The second-order valence-corrected chi connectivity index (χ2v) is 11.6. The maximum absolute atomic E-state index is 12.5. The Morgan fingerprint density at radius 3 is 2.42 bits per heavy atom. The van der Waals surface area contributed by atoms with Gasteiger partial charge in [0, 0.05) is 11.6 Å². The monoisotopic (exact) mass is 495 g/mol. The highest BCUT2D eigenvalue weighted by Gasteiger charge is 2.31. The number of hydrogen-bond acceptors (Lipinski definition) is 7. The van der Waals surface area contributed by atoms with Crippen molar-refractivity contribution in [2.75, 3.05) is 30.5 Å². The summed E-state index contributed by atoms with van der Waals surface area (Å²) in [4.78, 5) is 24.5. The number of carbonyl (C=O) groups excluding carboxylic acids is 2. The zero-order valence-electron chi connectivity index (χ0n) is 18.1. The molecule has 3 rings (SSSR count). The molecule has 0 aliphatic carbocycles. The maximum Gasteiger partial charge on any atom is 0.251 e. The highest BCUT2D eigenvalue weighted by molar-refractivity contribution is 7.92. The molecule has 3 N–H and O–H groups in total. The first-order chi connectivity index (χ1) is 15.5. The minimum absolute atomic E-state index is 0.0520. The van der Waals surface area contributed by atoms with Crippen molar-refractivity contribution in [2.24, 2.45) is 0 Å². The lowest BCUT2D eigenvalue weighted by Gasteiger charge is -2.12. The zero-order valence-corrected chi connectivity index (χ0v) is 19.8. The number of amides is 2. The van der Waals surface area contributed by atoms with Crippen molar-refractivity contribution in [3.05, 3.63) is 53.6 Å². The molecule has 0 radical (unpaired) electrons. The summed E-state index contributed by atoms with van der Waals surface area (Å²) < 4.78 is 55.6. The van der Waals surface area contributed by atoms with E-state index in [9.17, 15) is 26.4 Å². The average molecular weight is 496 g/mol. The minimum Gasteiger partial charge on any atom is -0.495 e. The van der Waals surface area contributed by atoms with E-state index in [2.05, 4.69) is 15.4 Å². The van der Waals surface area contributed by atoms with Crippen LogP contribution in [-0.4, -0.2) is 59.9 Å². The van der Waals surface area contributed by atoms with Crippen LogP contribution in [0.2, 0.25) is 0 Å². The normalized spacial score (nSPS) is 17.3. The van der Waals surface area contributed by atoms with Crippen LogP contribution < -0.4 is 20.1 Å². The van der Waals surface area contributed by atoms with Crippen LogP contribution >= 0.6 is 0 Å². The fourth-order valence-corrected chi connectivity index (χ4v) is 6.39. The third-order valence-electron chi connectivity index (χ3n) is 5.02. The Kier molecular flexibility index (Phi) is 7.40. The fourth-order valence-electron chi connectivity index (χ4n) is 3.34. The maximum atomic E-state index is 12.5. The van der Waals surface area contributed by atoms with Gasteiger partial charge in [-0.05, 0) is 55.3 Å². The van der Waals surface area contributed by atoms with Crippen LogP contribution in [0.4, 0.5) is 5.69 Å². The third kappa shape index (κ3) is 6.53. The first-order valence-electron chi connectivity index (χ1n) is 10.0.